The Kier molecular flexibility index (Phi) is 2.42. The van der Waals surface area contributed by atoms with Gasteiger partial charge >= 0.3 is 0 Å². The van der Waals surface area contributed by atoms with Crippen molar-refractivity contribution in [2.45, 2.75) is 5.75 Å². The van der Waals surface area contributed by atoms with Gasteiger partial charge in [-0.3, -0.25) is 0 Å². The Balaban J connectivity index is 2.69. The number of phenols is 1. The van der Waals surface area contributed by atoms with E-state index in [0.29, 0.717) is 5.52 Å². The lowest BCUT2D eigenvalue weighted by Gasteiger charge is -1.99. The lowest BCUT2D eigenvalue weighted by Crippen LogP contribution is -1.99. The number of aromatic nitrogens is 1. The Hall–Kier alpha value is -1.49. The molecular weight excluding hydrogens is 226 g/mol. The zero-order valence-electron chi connectivity index (χ0n) is 9.14. The van der Waals surface area contributed by atoms with Crippen LogP contribution in [0, 0.1) is 0 Å². The van der Waals surface area contributed by atoms with Gasteiger partial charge in [0, 0.05) is 24.9 Å². The van der Waals surface area contributed by atoms with Crippen LogP contribution >= 0.6 is 0 Å². The van der Waals surface area contributed by atoms with Crippen molar-refractivity contribution in [2.24, 2.45) is 7.05 Å². The summed E-state index contributed by atoms with van der Waals surface area (Å²) in [5.41, 5.74) is 1.39. The van der Waals surface area contributed by atoms with E-state index in [4.69, 9.17) is 0 Å². The van der Waals surface area contributed by atoms with Gasteiger partial charge in [0.2, 0.25) is 0 Å². The SMILES string of the molecule is Cn1cc(CS(C)(=O)=O)c2cccc(O)c21. The van der Waals surface area contributed by atoms with Crippen molar-refractivity contribution >= 4 is 20.7 Å². The minimum atomic E-state index is -3.06. The fraction of sp³-hybridized carbons (Fsp3) is 0.273. The predicted octanol–water partition coefficient (Wildman–Crippen LogP) is 1.43. The molecule has 5 heteroatoms. The molecule has 0 saturated heterocycles. The molecular formula is C11H13NO3S. The Morgan fingerprint density at radius 3 is 2.69 bits per heavy atom. The standard InChI is InChI=1S/C11H13NO3S/c1-12-6-8(7-16(2,14)15)9-4-3-5-10(13)11(9)12/h3-6,13H,7H2,1-2H3. The van der Waals surface area contributed by atoms with E-state index in [-0.39, 0.29) is 11.5 Å². The topological polar surface area (TPSA) is 59.3 Å². The first-order valence-corrected chi connectivity index (χ1v) is 6.88. The first-order chi connectivity index (χ1) is 7.38. The van der Waals surface area contributed by atoms with Crippen LogP contribution in [0.15, 0.2) is 24.4 Å². The number of sulfone groups is 1. The molecule has 1 heterocycles. The van der Waals surface area contributed by atoms with Crippen molar-refractivity contribution in [3.63, 3.8) is 0 Å². The lowest BCUT2D eigenvalue weighted by atomic mass is 10.2. The van der Waals surface area contributed by atoms with Gasteiger partial charge in [-0.1, -0.05) is 12.1 Å². The molecule has 1 aromatic heterocycles. The van der Waals surface area contributed by atoms with E-state index in [1.807, 2.05) is 6.07 Å². The molecule has 0 bridgehead atoms. The second-order valence-corrected chi connectivity index (χ2v) is 6.15. The summed E-state index contributed by atoms with van der Waals surface area (Å²) in [6, 6.07) is 5.12. The minimum absolute atomic E-state index is 0.00616. The largest absolute Gasteiger partial charge is 0.506 e. The second-order valence-electron chi connectivity index (χ2n) is 4.01. The molecule has 0 spiro atoms. The summed E-state index contributed by atoms with van der Waals surface area (Å²) in [6.45, 7) is 0. The highest BCUT2D eigenvalue weighted by Crippen LogP contribution is 2.28. The molecule has 0 amide bonds. The van der Waals surface area contributed by atoms with E-state index < -0.39 is 9.84 Å². The average molecular weight is 239 g/mol. The Morgan fingerprint density at radius 1 is 1.38 bits per heavy atom. The van der Waals surface area contributed by atoms with Crippen LogP contribution in [0.4, 0.5) is 0 Å². The molecule has 0 fully saturated rings. The van der Waals surface area contributed by atoms with Gasteiger partial charge in [0.1, 0.15) is 5.75 Å². The van der Waals surface area contributed by atoms with Gasteiger partial charge < -0.3 is 9.67 Å². The van der Waals surface area contributed by atoms with Crippen molar-refractivity contribution in [1.29, 1.82) is 0 Å². The van der Waals surface area contributed by atoms with Crippen LogP contribution in [0.5, 0.6) is 5.75 Å². The maximum Gasteiger partial charge on any atom is 0.151 e. The van der Waals surface area contributed by atoms with E-state index in [2.05, 4.69) is 0 Å². The lowest BCUT2D eigenvalue weighted by molar-refractivity contribution is 0.479. The van der Waals surface area contributed by atoms with Gasteiger partial charge in [0.05, 0.1) is 11.3 Å². The average Bonchev–Trinajstić information content (AvgIpc) is 2.42. The fourth-order valence-electron chi connectivity index (χ4n) is 1.93. The number of aryl methyl sites for hydroxylation is 1. The molecule has 0 atom stereocenters. The van der Waals surface area contributed by atoms with Crippen molar-refractivity contribution < 1.29 is 13.5 Å². The van der Waals surface area contributed by atoms with Crippen molar-refractivity contribution in [3.8, 4) is 5.75 Å². The number of phenolic OH excluding ortho intramolecular Hbond substituents is 1. The molecule has 0 radical (unpaired) electrons. The highest BCUT2D eigenvalue weighted by atomic mass is 32.2. The molecule has 1 aromatic carbocycles. The number of hydrogen-bond donors (Lipinski definition) is 1. The van der Waals surface area contributed by atoms with Gasteiger partial charge in [-0.05, 0) is 11.6 Å². The van der Waals surface area contributed by atoms with Crippen LogP contribution in [0.1, 0.15) is 5.56 Å². The maximum atomic E-state index is 11.3. The second kappa shape index (κ2) is 3.52. The molecule has 2 rings (SSSR count). The number of fused-ring (bicyclic) bond motifs is 1. The summed E-state index contributed by atoms with van der Waals surface area (Å²) in [5.74, 6) is 0.160. The van der Waals surface area contributed by atoms with Crippen molar-refractivity contribution in [3.05, 3.63) is 30.0 Å². The van der Waals surface area contributed by atoms with Crippen LogP contribution in [-0.2, 0) is 22.6 Å². The molecule has 0 aliphatic heterocycles. The highest BCUT2D eigenvalue weighted by molar-refractivity contribution is 7.89. The number of para-hydroxylation sites is 1. The number of hydrogen-bond acceptors (Lipinski definition) is 3. The smallest absolute Gasteiger partial charge is 0.151 e. The van der Waals surface area contributed by atoms with Gasteiger partial charge in [-0.2, -0.15) is 0 Å². The third-order valence-electron chi connectivity index (χ3n) is 2.48. The molecule has 16 heavy (non-hydrogen) atoms. The van der Waals surface area contributed by atoms with E-state index in [1.54, 1.807) is 29.9 Å². The zero-order chi connectivity index (χ0) is 11.9. The van der Waals surface area contributed by atoms with E-state index >= 15 is 0 Å². The van der Waals surface area contributed by atoms with Crippen LogP contribution in [-0.4, -0.2) is 24.3 Å². The molecule has 0 aliphatic rings. The summed E-state index contributed by atoms with van der Waals surface area (Å²) >= 11 is 0. The minimum Gasteiger partial charge on any atom is -0.506 e. The Labute approximate surface area is 94.0 Å². The summed E-state index contributed by atoms with van der Waals surface area (Å²) < 4.78 is 24.3. The van der Waals surface area contributed by atoms with Gasteiger partial charge in [0.25, 0.3) is 0 Å². The first-order valence-electron chi connectivity index (χ1n) is 4.82. The van der Waals surface area contributed by atoms with Gasteiger partial charge in [-0.25, -0.2) is 8.42 Å². The third kappa shape index (κ3) is 1.90. The normalized spacial score (nSPS) is 12.1. The van der Waals surface area contributed by atoms with Crippen LogP contribution in [0.2, 0.25) is 0 Å². The van der Waals surface area contributed by atoms with Crippen LogP contribution in [0.25, 0.3) is 10.9 Å². The Bertz CT molecular complexity index is 641. The maximum absolute atomic E-state index is 11.3. The van der Waals surface area contributed by atoms with E-state index in [0.717, 1.165) is 10.9 Å². The van der Waals surface area contributed by atoms with Crippen LogP contribution < -0.4 is 0 Å². The molecule has 1 N–H and O–H groups in total. The summed E-state index contributed by atoms with van der Waals surface area (Å²) in [6.07, 6.45) is 2.94. The Morgan fingerprint density at radius 2 is 2.06 bits per heavy atom. The van der Waals surface area contributed by atoms with Crippen molar-refractivity contribution in [1.82, 2.24) is 4.57 Å². The van der Waals surface area contributed by atoms with E-state index in [9.17, 15) is 13.5 Å². The number of benzene rings is 1. The number of aromatic hydroxyl groups is 1. The first kappa shape index (κ1) is 11.0. The molecule has 0 unspecified atom stereocenters. The highest BCUT2D eigenvalue weighted by Gasteiger charge is 2.13. The number of nitrogens with zero attached hydrogens (tertiary/aromatic N) is 1. The summed E-state index contributed by atoms with van der Waals surface area (Å²) in [7, 11) is -1.28. The third-order valence-corrected chi connectivity index (χ3v) is 3.32. The quantitative estimate of drug-likeness (QED) is 0.862. The fourth-order valence-corrected chi connectivity index (χ4v) is 2.72. The monoisotopic (exact) mass is 239 g/mol. The van der Waals surface area contributed by atoms with Crippen molar-refractivity contribution in [2.75, 3.05) is 6.26 Å². The van der Waals surface area contributed by atoms with Crippen LogP contribution in [0.3, 0.4) is 0 Å². The molecule has 0 saturated carbocycles. The molecule has 86 valence electrons. The van der Waals surface area contributed by atoms with Gasteiger partial charge in [0.15, 0.2) is 9.84 Å². The molecule has 2 aromatic rings. The van der Waals surface area contributed by atoms with E-state index in [1.165, 1.54) is 6.26 Å². The summed E-state index contributed by atoms with van der Waals surface area (Å²) in [4.78, 5) is 0. The summed E-state index contributed by atoms with van der Waals surface area (Å²) in [5, 5.41) is 10.5. The molecule has 0 aliphatic carbocycles. The number of rotatable bonds is 2. The van der Waals surface area contributed by atoms with Gasteiger partial charge in [-0.15, -0.1) is 0 Å². The molecule has 4 nitrogen and oxygen atoms in total. The zero-order valence-corrected chi connectivity index (χ0v) is 9.95. The predicted molar refractivity (Wildman–Crippen MR) is 63.1 cm³/mol.